The predicted molar refractivity (Wildman–Crippen MR) is 105 cm³/mol. The second kappa shape index (κ2) is 5.85. The van der Waals surface area contributed by atoms with Gasteiger partial charge in [0.05, 0.1) is 6.42 Å². The van der Waals surface area contributed by atoms with Gasteiger partial charge in [0.2, 0.25) is 0 Å². The van der Waals surface area contributed by atoms with Crippen LogP contribution in [0, 0.1) is 0 Å². The van der Waals surface area contributed by atoms with E-state index >= 15 is 0 Å². The minimum absolute atomic E-state index is 0.000316. The van der Waals surface area contributed by atoms with E-state index in [9.17, 15) is 9.90 Å². The smallest absolute Gasteiger partial charge is 0.304 e. The summed E-state index contributed by atoms with van der Waals surface area (Å²) in [5.74, 6) is -0.379. The lowest BCUT2D eigenvalue weighted by Crippen LogP contribution is -2.38. The number of hydrogen-bond donors (Lipinski definition) is 1. The third-order valence-electron chi connectivity index (χ3n) is 5.60. The molecule has 3 aromatic rings. The zero-order valence-electron chi connectivity index (χ0n) is 14.6. The van der Waals surface area contributed by atoms with Gasteiger partial charge in [-0.2, -0.15) is 0 Å². The molecule has 0 amide bonds. The molecule has 132 valence electrons. The summed E-state index contributed by atoms with van der Waals surface area (Å²) in [5.41, 5.74) is 4.21. The van der Waals surface area contributed by atoms with Gasteiger partial charge in [0.1, 0.15) is 5.75 Å². The van der Waals surface area contributed by atoms with Crippen LogP contribution in [0.15, 0.2) is 72.8 Å². The molecule has 3 nitrogen and oxygen atoms in total. The lowest BCUT2D eigenvalue weighted by molar-refractivity contribution is -0.138. The number of benzene rings is 3. The Balaban J connectivity index is 1.87. The molecule has 1 aliphatic carbocycles. The number of fused-ring (bicyclic) bond motifs is 5. The van der Waals surface area contributed by atoms with E-state index in [2.05, 4.69) is 36.4 Å². The second-order valence-electron chi connectivity index (χ2n) is 7.03. The highest BCUT2D eigenvalue weighted by atomic mass is 16.5. The van der Waals surface area contributed by atoms with E-state index in [-0.39, 0.29) is 12.3 Å². The summed E-state index contributed by atoms with van der Waals surface area (Å²) in [6.07, 6.45) is 4.18. The van der Waals surface area contributed by atoms with E-state index in [0.717, 1.165) is 33.6 Å². The standard InChI is InChI=1S/C24H18O3/c25-23(26)15-21-18-9-3-6-12-22(18)27-24(21)19-10-4-1-7-16(19)13-14-17-8-2-5-11-20(17)24/h1-14,21H,15H2,(H,25,26)/t21-/m1/s1. The van der Waals surface area contributed by atoms with Gasteiger partial charge in [0, 0.05) is 22.6 Å². The number of hydrogen-bond acceptors (Lipinski definition) is 2. The molecule has 27 heavy (non-hydrogen) atoms. The molecule has 0 saturated heterocycles. The first kappa shape index (κ1) is 15.9. The molecule has 0 bridgehead atoms. The van der Waals surface area contributed by atoms with Crippen molar-refractivity contribution >= 4 is 18.1 Å². The summed E-state index contributed by atoms with van der Waals surface area (Å²) < 4.78 is 6.68. The molecule has 3 heteroatoms. The van der Waals surface area contributed by atoms with E-state index in [1.807, 2.05) is 48.5 Å². The van der Waals surface area contributed by atoms with Crippen molar-refractivity contribution in [3.63, 3.8) is 0 Å². The topological polar surface area (TPSA) is 46.5 Å². The predicted octanol–water partition coefficient (Wildman–Crippen LogP) is 5.06. The molecule has 3 aromatic carbocycles. The van der Waals surface area contributed by atoms with Crippen LogP contribution >= 0.6 is 0 Å². The number of carboxylic acids is 1. The average Bonchev–Trinajstić information content (AvgIpc) is 2.93. The molecule has 2 aliphatic rings. The van der Waals surface area contributed by atoms with Crippen LogP contribution in [0.25, 0.3) is 12.2 Å². The van der Waals surface area contributed by atoms with Gasteiger partial charge in [0.25, 0.3) is 0 Å². The van der Waals surface area contributed by atoms with Crippen molar-refractivity contribution in [2.45, 2.75) is 17.9 Å². The highest BCUT2D eigenvalue weighted by Crippen LogP contribution is 2.57. The maximum absolute atomic E-state index is 11.8. The Bertz CT molecular complexity index is 1030. The molecule has 1 atom stereocenters. The third-order valence-corrected chi connectivity index (χ3v) is 5.60. The summed E-state index contributed by atoms with van der Waals surface area (Å²) in [5, 5.41) is 9.71. The Morgan fingerprint density at radius 1 is 0.852 bits per heavy atom. The van der Waals surface area contributed by atoms with Gasteiger partial charge < -0.3 is 9.84 Å². The van der Waals surface area contributed by atoms with Gasteiger partial charge >= 0.3 is 5.97 Å². The van der Waals surface area contributed by atoms with Crippen LogP contribution in [0.5, 0.6) is 5.75 Å². The maximum atomic E-state index is 11.8. The fourth-order valence-corrected chi connectivity index (χ4v) is 4.52. The molecule has 1 aliphatic heterocycles. The fourth-order valence-electron chi connectivity index (χ4n) is 4.52. The van der Waals surface area contributed by atoms with Gasteiger partial charge in [-0.1, -0.05) is 78.9 Å². The van der Waals surface area contributed by atoms with Crippen molar-refractivity contribution in [3.8, 4) is 5.75 Å². The second-order valence-corrected chi connectivity index (χ2v) is 7.03. The van der Waals surface area contributed by atoms with Crippen LogP contribution in [0.1, 0.15) is 40.2 Å². The lowest BCUT2D eigenvalue weighted by Gasteiger charge is -2.36. The molecule has 5 rings (SSSR count). The van der Waals surface area contributed by atoms with Crippen molar-refractivity contribution in [1.82, 2.24) is 0 Å². The van der Waals surface area contributed by atoms with E-state index in [1.54, 1.807) is 0 Å². The number of carboxylic acid groups (broad SMARTS) is 1. The van der Waals surface area contributed by atoms with E-state index in [0.29, 0.717) is 0 Å². The molecular weight excluding hydrogens is 336 g/mol. The lowest BCUT2D eigenvalue weighted by atomic mass is 9.71. The summed E-state index contributed by atoms with van der Waals surface area (Å²) in [6.45, 7) is 0. The molecule has 1 spiro atoms. The average molecular weight is 354 g/mol. The fraction of sp³-hybridized carbons (Fsp3) is 0.125. The van der Waals surface area contributed by atoms with Crippen molar-refractivity contribution in [3.05, 3.63) is 101 Å². The molecule has 0 radical (unpaired) electrons. The molecule has 0 saturated carbocycles. The Hall–Kier alpha value is -3.33. The van der Waals surface area contributed by atoms with Gasteiger partial charge in [-0.05, 0) is 17.2 Å². The highest BCUT2D eigenvalue weighted by Gasteiger charge is 2.53. The molecular formula is C24H18O3. The number of ether oxygens (including phenoxy) is 1. The minimum Gasteiger partial charge on any atom is -0.481 e. The molecule has 0 fully saturated rings. The molecule has 1 N–H and O–H groups in total. The molecule has 0 aromatic heterocycles. The number of carbonyl (C=O) groups is 1. The van der Waals surface area contributed by atoms with Crippen molar-refractivity contribution in [1.29, 1.82) is 0 Å². The Morgan fingerprint density at radius 2 is 1.41 bits per heavy atom. The zero-order valence-corrected chi connectivity index (χ0v) is 14.6. The molecule has 1 heterocycles. The van der Waals surface area contributed by atoms with Crippen LogP contribution in [0.2, 0.25) is 0 Å². The number of aliphatic carboxylic acids is 1. The number of rotatable bonds is 2. The van der Waals surface area contributed by atoms with Gasteiger partial charge in [-0.25, -0.2) is 0 Å². The Morgan fingerprint density at radius 3 is 2.04 bits per heavy atom. The monoisotopic (exact) mass is 354 g/mol. The maximum Gasteiger partial charge on any atom is 0.304 e. The SMILES string of the molecule is O=C(O)C[C@@H]1c2ccccc2OC12c1ccccc1C=Cc1ccccc12. The Kier molecular flexibility index (Phi) is 3.44. The van der Waals surface area contributed by atoms with Gasteiger partial charge in [-0.15, -0.1) is 0 Å². The molecule has 0 unspecified atom stereocenters. The zero-order chi connectivity index (χ0) is 18.4. The van der Waals surface area contributed by atoms with Crippen LogP contribution in [-0.2, 0) is 10.4 Å². The van der Waals surface area contributed by atoms with Gasteiger partial charge in [0.15, 0.2) is 5.60 Å². The first-order valence-electron chi connectivity index (χ1n) is 9.07. The quantitative estimate of drug-likeness (QED) is 0.699. The largest absolute Gasteiger partial charge is 0.481 e. The van der Waals surface area contributed by atoms with Crippen LogP contribution < -0.4 is 4.74 Å². The first-order valence-corrected chi connectivity index (χ1v) is 9.07. The highest BCUT2D eigenvalue weighted by molar-refractivity contribution is 5.79. The Labute approximate surface area is 157 Å². The van der Waals surface area contributed by atoms with Crippen LogP contribution in [0.3, 0.4) is 0 Å². The minimum atomic E-state index is -0.862. The summed E-state index contributed by atoms with van der Waals surface area (Å²) in [6, 6.07) is 24.0. The van der Waals surface area contributed by atoms with Crippen molar-refractivity contribution in [2.24, 2.45) is 0 Å². The van der Waals surface area contributed by atoms with Crippen molar-refractivity contribution < 1.29 is 14.6 Å². The summed E-state index contributed by atoms with van der Waals surface area (Å²) in [4.78, 5) is 11.8. The van der Waals surface area contributed by atoms with Crippen molar-refractivity contribution in [2.75, 3.05) is 0 Å². The summed E-state index contributed by atoms with van der Waals surface area (Å²) in [7, 11) is 0. The first-order chi connectivity index (χ1) is 13.2. The third kappa shape index (κ3) is 2.25. The van der Waals surface area contributed by atoms with E-state index in [4.69, 9.17) is 4.74 Å². The van der Waals surface area contributed by atoms with Crippen LogP contribution in [-0.4, -0.2) is 11.1 Å². The van der Waals surface area contributed by atoms with Gasteiger partial charge in [-0.3, -0.25) is 4.79 Å². The van der Waals surface area contributed by atoms with Crippen LogP contribution in [0.4, 0.5) is 0 Å². The normalized spacial score (nSPS) is 18.1. The van der Waals surface area contributed by atoms with E-state index in [1.165, 1.54) is 0 Å². The summed E-state index contributed by atoms with van der Waals surface area (Å²) >= 11 is 0. The van der Waals surface area contributed by atoms with E-state index < -0.39 is 11.6 Å². The number of para-hydroxylation sites is 1.